The van der Waals surface area contributed by atoms with Gasteiger partial charge in [-0.1, -0.05) is 0 Å². The van der Waals surface area contributed by atoms with E-state index in [1.54, 1.807) is 0 Å². The van der Waals surface area contributed by atoms with E-state index >= 15 is 0 Å². The third-order valence-corrected chi connectivity index (χ3v) is 4.27. The van der Waals surface area contributed by atoms with E-state index in [0.29, 0.717) is 0 Å². The molecule has 0 bridgehead atoms. The van der Waals surface area contributed by atoms with Crippen molar-refractivity contribution in [3.05, 3.63) is 33.7 Å². The molecule has 0 aromatic carbocycles. The molecule has 0 fully saturated rings. The standard InChI is InChI=1S/C10H6F3NO3S/c1-5-7(10(11,12)13)17-14-8(5)18-4-2-3-6(18)9(15)16/h2-4H,1H3/p+1. The molecule has 2 rings (SSSR count). The Kier molecular flexibility index (Phi) is 2.89. The van der Waals surface area contributed by atoms with Crippen LogP contribution in [0.25, 0.3) is 5.03 Å². The van der Waals surface area contributed by atoms with Crippen LogP contribution in [0.15, 0.2) is 22.0 Å². The number of hydrogen-bond donors (Lipinski definition) is 1. The molecule has 0 radical (unpaired) electrons. The van der Waals surface area contributed by atoms with Gasteiger partial charge >= 0.3 is 17.2 Å². The number of carboxylic acids is 1. The van der Waals surface area contributed by atoms with Crippen LogP contribution >= 0.6 is 10.5 Å². The van der Waals surface area contributed by atoms with E-state index in [1.165, 1.54) is 24.4 Å². The molecule has 0 saturated heterocycles. The molecule has 18 heavy (non-hydrogen) atoms. The molecule has 2 heterocycles. The Morgan fingerprint density at radius 1 is 1.50 bits per heavy atom. The first kappa shape index (κ1) is 12.6. The average molecular weight is 278 g/mol. The van der Waals surface area contributed by atoms with Gasteiger partial charge in [-0.25, -0.2) is 4.79 Å². The van der Waals surface area contributed by atoms with Crippen LogP contribution in [0.4, 0.5) is 13.2 Å². The lowest BCUT2D eigenvalue weighted by atomic mass is 10.3. The van der Waals surface area contributed by atoms with Crippen LogP contribution in [0.5, 0.6) is 0 Å². The van der Waals surface area contributed by atoms with E-state index in [0.717, 1.165) is 0 Å². The highest BCUT2D eigenvalue weighted by atomic mass is 32.2. The fourth-order valence-electron chi connectivity index (χ4n) is 1.48. The third kappa shape index (κ3) is 1.99. The van der Waals surface area contributed by atoms with Gasteiger partial charge < -0.3 is 9.63 Å². The number of halogens is 3. The molecule has 1 atom stereocenters. The zero-order valence-corrected chi connectivity index (χ0v) is 9.80. The SMILES string of the molecule is Cc1c(-[s+]2cccc2C(=O)O)noc1C(F)(F)F. The highest BCUT2D eigenvalue weighted by Gasteiger charge is 2.42. The van der Waals surface area contributed by atoms with E-state index in [1.807, 2.05) is 0 Å². The molecule has 0 amide bonds. The number of nitrogens with zero attached hydrogens (tertiary/aromatic N) is 1. The summed E-state index contributed by atoms with van der Waals surface area (Å²) in [4.78, 5) is 10.9. The number of thiophene rings is 1. The molecule has 0 saturated carbocycles. The minimum absolute atomic E-state index is 0.000115. The van der Waals surface area contributed by atoms with Crippen molar-refractivity contribution >= 4 is 16.4 Å². The summed E-state index contributed by atoms with van der Waals surface area (Å²) in [5.41, 5.74) is -0.176. The first-order chi connectivity index (χ1) is 8.32. The van der Waals surface area contributed by atoms with Crippen LogP contribution in [0.1, 0.15) is 21.0 Å². The first-order valence-corrected chi connectivity index (χ1v) is 5.99. The number of aromatic nitrogens is 1. The lowest BCUT2D eigenvalue weighted by molar-refractivity contribution is -0.156. The second-order valence-electron chi connectivity index (χ2n) is 3.44. The second-order valence-corrected chi connectivity index (χ2v) is 5.22. The quantitative estimate of drug-likeness (QED) is 0.855. The molecule has 2 aromatic heterocycles. The van der Waals surface area contributed by atoms with Gasteiger partial charge in [0.15, 0.2) is 0 Å². The van der Waals surface area contributed by atoms with E-state index in [4.69, 9.17) is 5.11 Å². The summed E-state index contributed by atoms with van der Waals surface area (Å²) in [5, 5.41) is 13.8. The monoisotopic (exact) mass is 278 g/mol. The van der Waals surface area contributed by atoms with Crippen LogP contribution in [-0.4, -0.2) is 16.2 Å². The number of rotatable bonds is 2. The summed E-state index contributed by atoms with van der Waals surface area (Å²) in [6.07, 6.45) is -4.63. The highest BCUT2D eigenvalue weighted by molar-refractivity contribution is 7.39. The maximum Gasteiger partial charge on any atom is 0.452 e. The van der Waals surface area contributed by atoms with E-state index < -0.39 is 28.4 Å². The van der Waals surface area contributed by atoms with Crippen molar-refractivity contribution in [1.29, 1.82) is 0 Å². The van der Waals surface area contributed by atoms with Gasteiger partial charge in [-0.05, 0) is 18.1 Å². The van der Waals surface area contributed by atoms with E-state index in [2.05, 4.69) is 9.68 Å². The number of carbonyl (C=O) groups is 1. The van der Waals surface area contributed by atoms with Crippen molar-refractivity contribution in [2.45, 2.75) is 13.1 Å². The fraction of sp³-hybridized carbons (Fsp3) is 0.200. The maximum atomic E-state index is 12.5. The molecule has 96 valence electrons. The predicted molar refractivity (Wildman–Crippen MR) is 57.0 cm³/mol. The summed E-state index contributed by atoms with van der Waals surface area (Å²) in [7, 11) is -1.11. The Morgan fingerprint density at radius 2 is 2.17 bits per heavy atom. The van der Waals surface area contributed by atoms with Crippen LogP contribution in [-0.2, 0) is 6.18 Å². The minimum Gasteiger partial charge on any atom is -0.474 e. The molecule has 0 aliphatic heterocycles. The zero-order chi connectivity index (χ0) is 13.5. The number of hydrogen-bond acceptors (Lipinski definition) is 3. The Labute approximate surface area is 102 Å². The molecule has 2 aromatic rings. The predicted octanol–water partition coefficient (Wildman–Crippen LogP) is 3.44. The summed E-state index contributed by atoms with van der Waals surface area (Å²) >= 11 is 0. The molecule has 4 nitrogen and oxygen atoms in total. The van der Waals surface area contributed by atoms with Crippen molar-refractivity contribution in [2.75, 3.05) is 0 Å². The van der Waals surface area contributed by atoms with Gasteiger partial charge in [0.2, 0.25) is 5.76 Å². The molecular formula is C10H7F3NO3S+. The Balaban J connectivity index is 2.56. The molecule has 0 spiro atoms. The Hall–Kier alpha value is -1.83. The van der Waals surface area contributed by atoms with Gasteiger partial charge in [0.25, 0.3) is 4.88 Å². The third-order valence-electron chi connectivity index (χ3n) is 2.26. The van der Waals surface area contributed by atoms with Crippen LogP contribution in [0.2, 0.25) is 0 Å². The second kappa shape index (κ2) is 4.13. The van der Waals surface area contributed by atoms with Gasteiger partial charge in [-0.15, -0.1) is 0 Å². The van der Waals surface area contributed by atoms with Gasteiger partial charge in [-0.3, -0.25) is 0 Å². The number of carboxylic acid groups (broad SMARTS) is 1. The largest absolute Gasteiger partial charge is 0.474 e. The first-order valence-electron chi connectivity index (χ1n) is 4.70. The lowest BCUT2D eigenvalue weighted by Crippen LogP contribution is -2.04. The molecule has 1 N–H and O–H groups in total. The summed E-state index contributed by atoms with van der Waals surface area (Å²) < 4.78 is 41.9. The minimum atomic E-state index is -4.63. The van der Waals surface area contributed by atoms with Crippen molar-refractivity contribution in [1.82, 2.24) is 5.16 Å². The van der Waals surface area contributed by atoms with Crippen LogP contribution in [0.3, 0.4) is 0 Å². The Morgan fingerprint density at radius 3 is 2.67 bits per heavy atom. The molecule has 0 aliphatic rings. The van der Waals surface area contributed by atoms with Crippen molar-refractivity contribution < 1.29 is 27.6 Å². The van der Waals surface area contributed by atoms with Gasteiger partial charge in [0.1, 0.15) is 5.38 Å². The summed E-state index contributed by atoms with van der Waals surface area (Å²) in [6.45, 7) is 1.22. The zero-order valence-electron chi connectivity index (χ0n) is 8.99. The molecule has 1 unspecified atom stereocenters. The van der Waals surface area contributed by atoms with E-state index in [-0.39, 0.29) is 15.5 Å². The Bertz CT molecular complexity index is 600. The number of aromatic carboxylic acids is 1. The summed E-state index contributed by atoms with van der Waals surface area (Å²) in [5.74, 6) is -2.37. The fourth-order valence-corrected chi connectivity index (χ4v) is 3.15. The summed E-state index contributed by atoms with van der Waals surface area (Å²) in [6, 6.07) is 2.82. The molecular weight excluding hydrogens is 271 g/mol. The smallest absolute Gasteiger partial charge is 0.452 e. The van der Waals surface area contributed by atoms with Crippen LogP contribution < -0.4 is 0 Å². The molecule has 0 aliphatic carbocycles. The topological polar surface area (TPSA) is 63.3 Å². The van der Waals surface area contributed by atoms with Crippen molar-refractivity contribution in [3.63, 3.8) is 0 Å². The van der Waals surface area contributed by atoms with Gasteiger partial charge in [0, 0.05) is 6.07 Å². The van der Waals surface area contributed by atoms with E-state index in [9.17, 15) is 18.0 Å². The van der Waals surface area contributed by atoms with Crippen LogP contribution in [0, 0.1) is 6.92 Å². The highest BCUT2D eigenvalue weighted by Crippen LogP contribution is 2.41. The average Bonchev–Trinajstić information content (AvgIpc) is 2.81. The lowest BCUT2D eigenvalue weighted by Gasteiger charge is -1.99. The normalized spacial score (nSPS) is 12.8. The van der Waals surface area contributed by atoms with Gasteiger partial charge in [-0.2, -0.15) is 13.2 Å². The van der Waals surface area contributed by atoms with Crippen molar-refractivity contribution in [2.24, 2.45) is 0 Å². The maximum absolute atomic E-state index is 12.5. The van der Waals surface area contributed by atoms with Crippen molar-refractivity contribution in [3.8, 4) is 5.03 Å². The van der Waals surface area contributed by atoms with Gasteiger partial charge in [0.05, 0.1) is 16.0 Å². The molecule has 8 heteroatoms. The number of alkyl halides is 3.